The summed E-state index contributed by atoms with van der Waals surface area (Å²) < 4.78 is 82.6. The van der Waals surface area contributed by atoms with Gasteiger partial charge in [0.1, 0.15) is 0 Å². The molecule has 0 bridgehead atoms. The summed E-state index contributed by atoms with van der Waals surface area (Å²) in [5.41, 5.74) is -0.0436. The number of hydrogen-bond acceptors (Lipinski definition) is 6. The Morgan fingerprint density at radius 1 is 1.15 bits per heavy atom. The fraction of sp³-hybridized carbons (Fsp3) is 0.250. The van der Waals surface area contributed by atoms with Crippen molar-refractivity contribution in [1.82, 2.24) is 14.5 Å². The summed E-state index contributed by atoms with van der Waals surface area (Å²) in [5, 5.41) is -0.106. The van der Waals surface area contributed by atoms with Crippen LogP contribution < -0.4 is 10.3 Å². The summed E-state index contributed by atoms with van der Waals surface area (Å²) in [6.07, 6.45) is -4.75. The van der Waals surface area contributed by atoms with Crippen molar-refractivity contribution in [3.8, 4) is 23.0 Å². The average molecular weight is 506 g/mol. The molecule has 0 aliphatic rings. The largest absolute Gasteiger partial charge is 0.420 e. The molecule has 0 radical (unpaired) electrons. The quantitative estimate of drug-likeness (QED) is 0.445. The predicted octanol–water partition coefficient (Wildman–Crippen LogP) is 4.29. The van der Waals surface area contributed by atoms with E-state index in [-0.39, 0.29) is 22.0 Å². The minimum Gasteiger partial charge on any atom is -0.420 e. The molecule has 0 unspecified atom stereocenters. The highest BCUT2D eigenvalue weighted by molar-refractivity contribution is 7.90. The van der Waals surface area contributed by atoms with Gasteiger partial charge in [-0.3, -0.25) is 4.79 Å². The lowest BCUT2D eigenvalue weighted by Gasteiger charge is -2.12. The van der Waals surface area contributed by atoms with Crippen LogP contribution in [-0.4, -0.2) is 34.9 Å². The Hall–Kier alpha value is -2.99. The Bertz CT molecular complexity index is 1320. The Morgan fingerprint density at radius 2 is 1.88 bits per heavy atom. The summed E-state index contributed by atoms with van der Waals surface area (Å²) in [6.45, 7) is 0. The normalized spacial score (nSPS) is 12.1. The molecule has 33 heavy (non-hydrogen) atoms. The summed E-state index contributed by atoms with van der Waals surface area (Å²) in [6, 6.07) is 7.16. The highest BCUT2D eigenvalue weighted by atomic mass is 35.5. The fourth-order valence-corrected chi connectivity index (χ4v) is 4.21. The Balaban J connectivity index is 2.04. The topological polar surface area (TPSA) is 91.2 Å². The van der Waals surface area contributed by atoms with E-state index in [1.807, 2.05) is 0 Å². The molecule has 3 aromatic rings. The third kappa shape index (κ3) is 6.75. The monoisotopic (exact) mass is 505 g/mol. The van der Waals surface area contributed by atoms with Crippen LogP contribution in [0.2, 0.25) is 5.02 Å². The minimum atomic E-state index is -4.64. The number of rotatable bonds is 7. The first kappa shape index (κ1) is 24.6. The van der Waals surface area contributed by atoms with E-state index in [9.17, 15) is 30.8 Å². The van der Waals surface area contributed by atoms with Crippen LogP contribution in [0.4, 0.5) is 17.6 Å². The van der Waals surface area contributed by atoms with Gasteiger partial charge in [0.15, 0.2) is 21.4 Å². The van der Waals surface area contributed by atoms with Crippen molar-refractivity contribution in [2.24, 2.45) is 7.05 Å². The zero-order valence-electron chi connectivity index (χ0n) is 16.9. The van der Waals surface area contributed by atoms with Crippen LogP contribution in [0.25, 0.3) is 11.3 Å². The van der Waals surface area contributed by atoms with E-state index < -0.39 is 51.5 Å². The van der Waals surface area contributed by atoms with E-state index in [1.54, 1.807) is 0 Å². The molecule has 13 heteroatoms. The molecule has 0 amide bonds. The van der Waals surface area contributed by atoms with Crippen molar-refractivity contribution in [2.75, 3.05) is 5.75 Å². The molecule has 7 nitrogen and oxygen atoms in total. The van der Waals surface area contributed by atoms with E-state index in [0.29, 0.717) is 5.56 Å². The van der Waals surface area contributed by atoms with Gasteiger partial charge in [0.2, 0.25) is 5.56 Å². The second-order valence-electron chi connectivity index (χ2n) is 7.00. The van der Waals surface area contributed by atoms with Gasteiger partial charge < -0.3 is 9.30 Å². The van der Waals surface area contributed by atoms with Crippen LogP contribution in [-0.2, 0) is 22.6 Å². The van der Waals surface area contributed by atoms with Crippen molar-refractivity contribution in [3.63, 3.8) is 0 Å². The number of aryl methyl sites for hydroxylation is 1. The number of nitrogens with zero attached hydrogens (tertiary/aromatic N) is 3. The third-order valence-corrected chi connectivity index (χ3v) is 6.18. The smallest absolute Gasteiger partial charge is 0.390 e. The van der Waals surface area contributed by atoms with Crippen LogP contribution in [0.5, 0.6) is 11.8 Å². The van der Waals surface area contributed by atoms with Gasteiger partial charge in [-0.05, 0) is 24.3 Å². The van der Waals surface area contributed by atoms with Crippen LogP contribution in [0, 0.1) is 5.82 Å². The maximum absolute atomic E-state index is 14.1. The Kier molecular flexibility index (Phi) is 7.08. The second-order valence-corrected chi connectivity index (χ2v) is 9.60. The maximum atomic E-state index is 14.1. The van der Waals surface area contributed by atoms with Crippen LogP contribution in [0.1, 0.15) is 12.1 Å². The second kappa shape index (κ2) is 9.48. The zero-order chi connectivity index (χ0) is 24.4. The number of benzene rings is 1. The number of ether oxygens (including phenoxy) is 1. The molecule has 0 fully saturated rings. The first-order chi connectivity index (χ1) is 15.3. The van der Waals surface area contributed by atoms with E-state index >= 15 is 0 Å². The average Bonchev–Trinajstić information content (AvgIpc) is 2.70. The fourth-order valence-electron chi connectivity index (χ4n) is 2.73. The first-order valence-electron chi connectivity index (χ1n) is 9.27. The van der Waals surface area contributed by atoms with Crippen LogP contribution in [0.3, 0.4) is 0 Å². The zero-order valence-corrected chi connectivity index (χ0v) is 18.5. The van der Waals surface area contributed by atoms with Gasteiger partial charge >= 0.3 is 12.2 Å². The molecular weight excluding hydrogens is 490 g/mol. The molecular formula is C20H16ClF4N3O4S. The standard InChI is InChI=1S/C20H16ClF4N3O4S/c1-28-10-12(5-6-17(28)29)16-9-13(11-33(30,31)8-7-20(23,24)25)26-19(27-16)32-18-14(21)3-2-4-15(18)22/h2-6,9-10H,7-8,11H2,1H3. The number of aromatic nitrogens is 3. The van der Waals surface area contributed by atoms with Crippen LogP contribution in [0.15, 0.2) is 47.4 Å². The number of sulfone groups is 1. The molecule has 2 aromatic heterocycles. The lowest BCUT2D eigenvalue weighted by atomic mass is 10.2. The van der Waals surface area contributed by atoms with Crippen molar-refractivity contribution in [3.05, 3.63) is 69.5 Å². The van der Waals surface area contributed by atoms with E-state index in [0.717, 1.165) is 6.07 Å². The summed E-state index contributed by atoms with van der Waals surface area (Å²) in [4.78, 5) is 19.7. The first-order valence-corrected chi connectivity index (χ1v) is 11.5. The lowest BCUT2D eigenvalue weighted by Crippen LogP contribution is -2.18. The maximum Gasteiger partial charge on any atom is 0.390 e. The SMILES string of the molecule is Cn1cc(-c2cc(CS(=O)(=O)CCC(F)(F)F)nc(Oc3c(F)cccc3Cl)n2)ccc1=O. The van der Waals surface area contributed by atoms with Crippen molar-refractivity contribution in [1.29, 1.82) is 0 Å². The van der Waals surface area contributed by atoms with Gasteiger partial charge in [-0.1, -0.05) is 17.7 Å². The molecule has 2 heterocycles. The molecule has 0 N–H and O–H groups in total. The molecule has 0 aliphatic carbocycles. The third-order valence-electron chi connectivity index (χ3n) is 4.32. The lowest BCUT2D eigenvalue weighted by molar-refractivity contribution is -0.129. The summed E-state index contributed by atoms with van der Waals surface area (Å²) in [7, 11) is -2.73. The molecule has 3 rings (SSSR count). The summed E-state index contributed by atoms with van der Waals surface area (Å²) >= 11 is 5.94. The van der Waals surface area contributed by atoms with Crippen molar-refractivity contribution in [2.45, 2.75) is 18.3 Å². The molecule has 1 aromatic carbocycles. The van der Waals surface area contributed by atoms with E-state index in [4.69, 9.17) is 16.3 Å². The Labute approximate surface area is 190 Å². The highest BCUT2D eigenvalue weighted by Gasteiger charge is 2.30. The van der Waals surface area contributed by atoms with E-state index in [1.165, 1.54) is 48.1 Å². The van der Waals surface area contributed by atoms with Crippen molar-refractivity contribution >= 4 is 21.4 Å². The van der Waals surface area contributed by atoms with Gasteiger partial charge in [0.05, 0.1) is 34.3 Å². The van der Waals surface area contributed by atoms with Crippen molar-refractivity contribution < 1.29 is 30.7 Å². The van der Waals surface area contributed by atoms with Crippen LogP contribution >= 0.6 is 11.6 Å². The highest BCUT2D eigenvalue weighted by Crippen LogP contribution is 2.32. The number of alkyl halides is 3. The van der Waals surface area contributed by atoms with Gasteiger partial charge in [-0.2, -0.15) is 23.1 Å². The predicted molar refractivity (Wildman–Crippen MR) is 112 cm³/mol. The number of pyridine rings is 1. The van der Waals surface area contributed by atoms with Gasteiger partial charge in [-0.25, -0.2) is 12.8 Å². The van der Waals surface area contributed by atoms with Gasteiger partial charge in [0, 0.05) is 24.9 Å². The van der Waals surface area contributed by atoms with Gasteiger partial charge in [0.25, 0.3) is 0 Å². The molecule has 0 saturated heterocycles. The molecule has 176 valence electrons. The minimum absolute atomic E-state index is 0.101. The molecule has 0 atom stereocenters. The summed E-state index contributed by atoms with van der Waals surface area (Å²) in [5.74, 6) is -3.22. The van der Waals surface area contributed by atoms with Gasteiger partial charge in [-0.15, -0.1) is 0 Å². The molecule has 0 saturated carbocycles. The number of halogens is 5. The Morgan fingerprint density at radius 3 is 2.52 bits per heavy atom. The number of hydrogen-bond donors (Lipinski definition) is 0. The van der Waals surface area contributed by atoms with E-state index in [2.05, 4.69) is 9.97 Å². The number of para-hydroxylation sites is 1. The molecule has 0 aliphatic heterocycles. The molecule has 0 spiro atoms.